The molecule has 2 amide bonds. The van der Waals surface area contributed by atoms with Crippen molar-refractivity contribution in [2.45, 2.75) is 32.6 Å². The number of carbonyl (C=O) groups excluding carboxylic acids is 2. The van der Waals surface area contributed by atoms with Gasteiger partial charge >= 0.3 is 0 Å². The van der Waals surface area contributed by atoms with Crippen LogP contribution in [0.2, 0.25) is 5.02 Å². The summed E-state index contributed by atoms with van der Waals surface area (Å²) in [6.45, 7) is 2.86. The zero-order valence-electron chi connectivity index (χ0n) is 14.2. The number of nitrogens with one attached hydrogen (secondary N) is 1. The summed E-state index contributed by atoms with van der Waals surface area (Å²) in [6, 6.07) is 12.6. The Bertz CT molecular complexity index is 804. The molecule has 1 N–H and O–H groups in total. The molecule has 0 fully saturated rings. The predicted octanol–water partition coefficient (Wildman–Crippen LogP) is 4.67. The third-order valence-corrected chi connectivity index (χ3v) is 4.59. The molecule has 1 aliphatic rings. The number of unbranched alkanes of at least 4 members (excludes halogenated alkanes) is 1. The van der Waals surface area contributed by atoms with Crippen LogP contribution in [0.3, 0.4) is 0 Å². The Morgan fingerprint density at radius 1 is 1.20 bits per heavy atom. The van der Waals surface area contributed by atoms with E-state index in [-0.39, 0.29) is 11.8 Å². The van der Waals surface area contributed by atoms with Crippen LogP contribution < -0.4 is 10.2 Å². The Morgan fingerprint density at radius 3 is 2.80 bits per heavy atom. The highest BCUT2D eigenvalue weighted by Crippen LogP contribution is 2.30. The molecule has 25 heavy (non-hydrogen) atoms. The normalized spacial score (nSPS) is 13.5. The summed E-state index contributed by atoms with van der Waals surface area (Å²) in [7, 11) is 0. The van der Waals surface area contributed by atoms with Crippen molar-refractivity contribution >= 4 is 34.8 Å². The second-order valence-corrected chi connectivity index (χ2v) is 6.64. The summed E-state index contributed by atoms with van der Waals surface area (Å²) in [5.41, 5.74) is 3.31. The zero-order chi connectivity index (χ0) is 17.8. The summed E-state index contributed by atoms with van der Waals surface area (Å²) in [6.07, 6.45) is 3.26. The van der Waals surface area contributed by atoms with Gasteiger partial charge in [0.25, 0.3) is 5.91 Å². The van der Waals surface area contributed by atoms with Gasteiger partial charge in [0.15, 0.2) is 0 Å². The van der Waals surface area contributed by atoms with Crippen LogP contribution in [0.4, 0.5) is 11.4 Å². The lowest BCUT2D eigenvalue weighted by Gasteiger charge is -2.29. The minimum Gasteiger partial charge on any atom is -0.322 e. The van der Waals surface area contributed by atoms with Crippen molar-refractivity contribution in [1.29, 1.82) is 0 Å². The van der Waals surface area contributed by atoms with Crippen LogP contribution in [0, 0.1) is 0 Å². The summed E-state index contributed by atoms with van der Waals surface area (Å²) in [4.78, 5) is 26.4. The third-order valence-electron chi connectivity index (χ3n) is 4.36. The molecule has 0 unspecified atom stereocenters. The SMILES string of the molecule is CCCCN1C(=O)CCc2cc(NC(=O)c3cccc(Cl)c3)ccc21. The molecule has 0 saturated heterocycles. The summed E-state index contributed by atoms with van der Waals surface area (Å²) >= 11 is 5.94. The Balaban J connectivity index is 1.79. The minimum atomic E-state index is -0.197. The highest BCUT2D eigenvalue weighted by atomic mass is 35.5. The maximum Gasteiger partial charge on any atom is 0.255 e. The van der Waals surface area contributed by atoms with Gasteiger partial charge in [0.05, 0.1) is 0 Å². The molecule has 5 heteroatoms. The van der Waals surface area contributed by atoms with E-state index in [0.29, 0.717) is 23.4 Å². The van der Waals surface area contributed by atoms with Crippen LogP contribution in [0.25, 0.3) is 0 Å². The van der Waals surface area contributed by atoms with E-state index in [2.05, 4.69) is 12.2 Å². The molecule has 0 spiro atoms. The van der Waals surface area contributed by atoms with E-state index < -0.39 is 0 Å². The molecule has 1 heterocycles. The monoisotopic (exact) mass is 356 g/mol. The Labute approximate surface area is 152 Å². The highest BCUT2D eigenvalue weighted by molar-refractivity contribution is 6.31. The van der Waals surface area contributed by atoms with Crippen LogP contribution in [-0.4, -0.2) is 18.4 Å². The van der Waals surface area contributed by atoms with Gasteiger partial charge in [0.1, 0.15) is 0 Å². The largest absolute Gasteiger partial charge is 0.322 e. The average Bonchev–Trinajstić information content (AvgIpc) is 2.61. The lowest BCUT2D eigenvalue weighted by atomic mass is 10.00. The number of fused-ring (bicyclic) bond motifs is 1. The van der Waals surface area contributed by atoms with Gasteiger partial charge in [0.2, 0.25) is 5.91 Å². The summed E-state index contributed by atoms with van der Waals surface area (Å²) < 4.78 is 0. The van der Waals surface area contributed by atoms with E-state index in [0.717, 1.165) is 36.3 Å². The Kier molecular flexibility index (Phi) is 5.39. The quantitative estimate of drug-likeness (QED) is 0.846. The first kappa shape index (κ1) is 17.5. The molecule has 0 atom stereocenters. The van der Waals surface area contributed by atoms with Crippen LogP contribution in [0.15, 0.2) is 42.5 Å². The smallest absolute Gasteiger partial charge is 0.255 e. The number of carbonyl (C=O) groups is 2. The van der Waals surface area contributed by atoms with E-state index in [9.17, 15) is 9.59 Å². The number of benzene rings is 2. The molecule has 0 bridgehead atoms. The van der Waals surface area contributed by atoms with Gasteiger partial charge in [0, 0.05) is 34.9 Å². The summed E-state index contributed by atoms with van der Waals surface area (Å²) in [5.74, 6) is -0.0196. The molecule has 0 saturated carbocycles. The second-order valence-electron chi connectivity index (χ2n) is 6.21. The maximum atomic E-state index is 12.4. The van der Waals surface area contributed by atoms with Gasteiger partial charge in [-0.1, -0.05) is 31.0 Å². The van der Waals surface area contributed by atoms with Gasteiger partial charge in [-0.2, -0.15) is 0 Å². The van der Waals surface area contributed by atoms with E-state index in [4.69, 9.17) is 11.6 Å². The first-order chi connectivity index (χ1) is 12.1. The van der Waals surface area contributed by atoms with Crippen LogP contribution >= 0.6 is 11.6 Å². The van der Waals surface area contributed by atoms with Crippen molar-refractivity contribution in [3.05, 3.63) is 58.6 Å². The molecule has 1 aliphatic heterocycles. The Morgan fingerprint density at radius 2 is 2.04 bits per heavy atom. The van der Waals surface area contributed by atoms with Gasteiger partial charge in [-0.05, 0) is 54.8 Å². The maximum absolute atomic E-state index is 12.4. The van der Waals surface area contributed by atoms with Gasteiger partial charge in [-0.3, -0.25) is 9.59 Å². The number of halogens is 1. The van der Waals surface area contributed by atoms with Gasteiger partial charge < -0.3 is 10.2 Å². The van der Waals surface area contributed by atoms with E-state index >= 15 is 0 Å². The highest BCUT2D eigenvalue weighted by Gasteiger charge is 2.23. The molecule has 4 nitrogen and oxygen atoms in total. The van der Waals surface area contributed by atoms with E-state index in [1.54, 1.807) is 24.3 Å². The van der Waals surface area contributed by atoms with E-state index in [1.807, 2.05) is 23.1 Å². The molecular formula is C20H21ClN2O2. The third kappa shape index (κ3) is 4.02. The minimum absolute atomic E-state index is 0.177. The van der Waals surface area contributed by atoms with Crippen molar-refractivity contribution in [2.24, 2.45) is 0 Å². The lowest BCUT2D eigenvalue weighted by molar-refractivity contribution is -0.118. The van der Waals surface area contributed by atoms with Gasteiger partial charge in [-0.25, -0.2) is 0 Å². The second kappa shape index (κ2) is 7.70. The summed E-state index contributed by atoms with van der Waals surface area (Å²) in [5, 5.41) is 3.43. The van der Waals surface area contributed by atoms with Crippen LogP contribution in [0.1, 0.15) is 42.1 Å². The van der Waals surface area contributed by atoms with Crippen molar-refractivity contribution in [3.63, 3.8) is 0 Å². The predicted molar refractivity (Wildman–Crippen MR) is 101 cm³/mol. The first-order valence-corrected chi connectivity index (χ1v) is 8.96. The molecule has 3 rings (SSSR count). The average molecular weight is 357 g/mol. The number of rotatable bonds is 5. The molecule has 0 aliphatic carbocycles. The standard InChI is InChI=1S/C20H21ClN2O2/c1-2-3-11-23-18-9-8-17(13-14(18)7-10-19(23)24)22-20(25)15-5-4-6-16(21)12-15/h4-6,8-9,12-13H,2-3,7,10-11H2,1H3,(H,22,25). The first-order valence-electron chi connectivity index (χ1n) is 8.58. The fourth-order valence-electron chi connectivity index (χ4n) is 3.03. The van der Waals surface area contributed by atoms with Crippen molar-refractivity contribution in [1.82, 2.24) is 0 Å². The number of aryl methyl sites for hydroxylation is 1. The van der Waals surface area contributed by atoms with Crippen molar-refractivity contribution in [3.8, 4) is 0 Å². The topological polar surface area (TPSA) is 49.4 Å². The van der Waals surface area contributed by atoms with Crippen LogP contribution in [0.5, 0.6) is 0 Å². The van der Waals surface area contributed by atoms with Crippen molar-refractivity contribution in [2.75, 3.05) is 16.8 Å². The lowest BCUT2D eigenvalue weighted by Crippen LogP contribution is -2.35. The van der Waals surface area contributed by atoms with Crippen LogP contribution in [-0.2, 0) is 11.2 Å². The fraction of sp³-hybridized carbons (Fsp3) is 0.300. The zero-order valence-corrected chi connectivity index (χ0v) is 15.0. The number of hydrogen-bond donors (Lipinski definition) is 1. The number of amides is 2. The van der Waals surface area contributed by atoms with E-state index in [1.165, 1.54) is 0 Å². The number of anilines is 2. The number of nitrogens with zero attached hydrogens (tertiary/aromatic N) is 1. The molecule has 0 radical (unpaired) electrons. The molecule has 2 aromatic rings. The Hall–Kier alpha value is -2.33. The molecule has 2 aromatic carbocycles. The van der Waals surface area contributed by atoms with Gasteiger partial charge in [-0.15, -0.1) is 0 Å². The molecular weight excluding hydrogens is 336 g/mol. The fourth-order valence-corrected chi connectivity index (χ4v) is 3.22. The molecule has 0 aromatic heterocycles. The molecule has 130 valence electrons. The number of hydrogen-bond acceptors (Lipinski definition) is 2. The van der Waals surface area contributed by atoms with Crippen molar-refractivity contribution < 1.29 is 9.59 Å².